The minimum Gasteiger partial charge on any atom is -0.495 e. The summed E-state index contributed by atoms with van der Waals surface area (Å²) in [6, 6.07) is 17.8. The summed E-state index contributed by atoms with van der Waals surface area (Å²) in [5.74, 6) is -0.106. The highest BCUT2D eigenvalue weighted by Gasteiger charge is 2.33. The molecule has 0 aliphatic carbocycles. The smallest absolute Gasteiger partial charge is 0.252 e. The molecule has 0 spiro atoms. The van der Waals surface area contributed by atoms with Crippen LogP contribution < -0.4 is 10.1 Å². The standard InChI is InChI=1S/C25H28N2O4S2/c1-18-9-6-7-15-27(18)33(29,30)23-17-20(13-14-21(23)31-2)25(28)26-24(22-12-8-16-32-22)19-10-4-3-5-11-19/h3-5,8,10-14,16-18,24H,6-7,9,15H2,1-2H3,(H,26,28). The second-order valence-electron chi connectivity index (χ2n) is 8.16. The SMILES string of the molecule is COc1ccc(C(=O)NC(c2ccccc2)c2cccs2)cc1S(=O)(=O)N1CCCCC1C. The van der Waals surface area contributed by atoms with Gasteiger partial charge in [-0.05, 0) is 55.0 Å². The Morgan fingerprint density at radius 2 is 1.91 bits per heavy atom. The molecule has 1 aliphatic rings. The largest absolute Gasteiger partial charge is 0.495 e. The zero-order valence-corrected chi connectivity index (χ0v) is 20.4. The second kappa shape index (κ2) is 10.1. The Morgan fingerprint density at radius 3 is 2.58 bits per heavy atom. The summed E-state index contributed by atoms with van der Waals surface area (Å²) in [5, 5.41) is 5.05. The molecule has 0 saturated carbocycles. The average molecular weight is 485 g/mol. The predicted octanol–water partition coefficient (Wildman–Crippen LogP) is 4.84. The van der Waals surface area contributed by atoms with E-state index in [9.17, 15) is 13.2 Å². The van der Waals surface area contributed by atoms with Crippen LogP contribution in [-0.4, -0.2) is 38.3 Å². The van der Waals surface area contributed by atoms with Gasteiger partial charge >= 0.3 is 0 Å². The molecule has 2 heterocycles. The van der Waals surface area contributed by atoms with Gasteiger partial charge in [0.1, 0.15) is 10.6 Å². The van der Waals surface area contributed by atoms with Gasteiger partial charge in [-0.25, -0.2) is 8.42 Å². The molecule has 4 rings (SSSR count). The summed E-state index contributed by atoms with van der Waals surface area (Å²) in [6.45, 7) is 2.39. The van der Waals surface area contributed by atoms with Crippen molar-refractivity contribution in [2.24, 2.45) is 0 Å². The normalized spacial score (nSPS) is 17.9. The van der Waals surface area contributed by atoms with Gasteiger partial charge in [0.2, 0.25) is 10.0 Å². The highest BCUT2D eigenvalue weighted by atomic mass is 32.2. The number of methoxy groups -OCH3 is 1. The number of nitrogens with one attached hydrogen (secondary N) is 1. The maximum absolute atomic E-state index is 13.5. The van der Waals surface area contributed by atoms with Crippen molar-refractivity contribution in [1.82, 2.24) is 9.62 Å². The maximum atomic E-state index is 13.5. The van der Waals surface area contributed by atoms with E-state index in [1.807, 2.05) is 54.8 Å². The third-order valence-corrected chi connectivity index (χ3v) is 8.96. The predicted molar refractivity (Wildman–Crippen MR) is 130 cm³/mol. The van der Waals surface area contributed by atoms with Gasteiger partial charge in [0.05, 0.1) is 13.2 Å². The molecule has 6 nitrogen and oxygen atoms in total. The Hall–Kier alpha value is -2.68. The van der Waals surface area contributed by atoms with E-state index in [1.165, 1.54) is 17.5 Å². The first-order chi connectivity index (χ1) is 15.9. The molecule has 33 heavy (non-hydrogen) atoms. The van der Waals surface area contributed by atoms with Crippen LogP contribution in [0, 0.1) is 0 Å². The van der Waals surface area contributed by atoms with E-state index in [2.05, 4.69) is 5.32 Å². The Bertz CT molecular complexity index is 1190. The monoisotopic (exact) mass is 484 g/mol. The number of nitrogens with zero attached hydrogens (tertiary/aromatic N) is 1. The molecule has 0 radical (unpaired) electrons. The lowest BCUT2D eigenvalue weighted by Gasteiger charge is -2.32. The first kappa shape index (κ1) is 23.5. The second-order valence-corrected chi connectivity index (χ2v) is 11.0. The molecule has 1 fully saturated rings. The average Bonchev–Trinajstić information content (AvgIpc) is 3.37. The molecule has 0 bridgehead atoms. The summed E-state index contributed by atoms with van der Waals surface area (Å²) >= 11 is 1.56. The molecule has 1 aromatic heterocycles. The molecule has 174 valence electrons. The number of rotatable bonds is 7. The lowest BCUT2D eigenvalue weighted by atomic mass is 10.0. The van der Waals surface area contributed by atoms with Crippen LogP contribution in [0.1, 0.15) is 53.0 Å². The molecule has 3 aromatic rings. The fourth-order valence-electron chi connectivity index (χ4n) is 4.21. The number of hydrogen-bond donors (Lipinski definition) is 1. The molecule has 2 aromatic carbocycles. The number of thiophene rings is 1. The van der Waals surface area contributed by atoms with Crippen LogP contribution in [0.2, 0.25) is 0 Å². The van der Waals surface area contributed by atoms with E-state index < -0.39 is 10.0 Å². The quantitative estimate of drug-likeness (QED) is 0.521. The number of benzene rings is 2. The number of carbonyl (C=O) groups is 1. The fraction of sp³-hybridized carbons (Fsp3) is 0.320. The van der Waals surface area contributed by atoms with Gasteiger partial charge in [-0.2, -0.15) is 4.31 Å². The van der Waals surface area contributed by atoms with Crippen LogP contribution in [0.3, 0.4) is 0 Å². The van der Waals surface area contributed by atoms with Crippen molar-refractivity contribution in [2.45, 2.75) is 43.2 Å². The number of carbonyl (C=O) groups excluding carboxylic acids is 1. The van der Waals surface area contributed by atoms with Gasteiger partial charge in [0.25, 0.3) is 5.91 Å². The van der Waals surface area contributed by atoms with Crippen molar-refractivity contribution >= 4 is 27.3 Å². The molecule has 2 atom stereocenters. The number of ether oxygens (including phenoxy) is 1. The number of sulfonamides is 1. The van der Waals surface area contributed by atoms with Crippen molar-refractivity contribution in [2.75, 3.05) is 13.7 Å². The van der Waals surface area contributed by atoms with Gasteiger partial charge in [-0.15, -0.1) is 11.3 Å². The van der Waals surface area contributed by atoms with E-state index in [1.54, 1.807) is 23.5 Å². The Balaban J connectivity index is 1.67. The van der Waals surface area contributed by atoms with Crippen molar-refractivity contribution in [3.63, 3.8) is 0 Å². The lowest BCUT2D eigenvalue weighted by Crippen LogP contribution is -2.42. The Kier molecular flexibility index (Phi) is 7.17. The van der Waals surface area contributed by atoms with Gasteiger partial charge in [-0.3, -0.25) is 4.79 Å². The van der Waals surface area contributed by atoms with Gasteiger partial charge in [0.15, 0.2) is 0 Å². The molecule has 1 N–H and O–H groups in total. The van der Waals surface area contributed by atoms with E-state index in [-0.39, 0.29) is 34.2 Å². The third kappa shape index (κ3) is 4.98. The number of piperidine rings is 1. The summed E-state index contributed by atoms with van der Waals surface area (Å²) in [4.78, 5) is 14.3. The molecule has 1 amide bonds. The lowest BCUT2D eigenvalue weighted by molar-refractivity contribution is 0.0943. The minimum absolute atomic E-state index is 0.0267. The van der Waals surface area contributed by atoms with Gasteiger partial charge in [-0.1, -0.05) is 42.8 Å². The first-order valence-corrected chi connectivity index (χ1v) is 13.3. The number of amides is 1. The van der Waals surface area contributed by atoms with Crippen molar-refractivity contribution < 1.29 is 17.9 Å². The van der Waals surface area contributed by atoms with Gasteiger partial charge in [0, 0.05) is 23.0 Å². The van der Waals surface area contributed by atoms with Gasteiger partial charge < -0.3 is 10.1 Å². The zero-order chi connectivity index (χ0) is 23.4. The summed E-state index contributed by atoms with van der Waals surface area (Å²) in [7, 11) is -2.36. The molecule has 8 heteroatoms. The van der Waals surface area contributed by atoms with Crippen molar-refractivity contribution in [3.05, 3.63) is 82.0 Å². The molecule has 1 saturated heterocycles. The Labute approximate surface area is 199 Å². The van der Waals surface area contributed by atoms with Crippen LogP contribution >= 0.6 is 11.3 Å². The highest BCUT2D eigenvalue weighted by Crippen LogP contribution is 2.32. The van der Waals surface area contributed by atoms with Crippen LogP contribution in [0.25, 0.3) is 0 Å². The highest BCUT2D eigenvalue weighted by molar-refractivity contribution is 7.89. The first-order valence-electron chi connectivity index (χ1n) is 11.0. The van der Waals surface area contributed by atoms with Crippen LogP contribution in [-0.2, 0) is 10.0 Å². The third-order valence-electron chi connectivity index (χ3n) is 5.99. The molecular weight excluding hydrogens is 456 g/mol. The summed E-state index contributed by atoms with van der Waals surface area (Å²) < 4.78 is 33.9. The van der Waals surface area contributed by atoms with Crippen LogP contribution in [0.15, 0.2) is 70.9 Å². The van der Waals surface area contributed by atoms with Crippen molar-refractivity contribution in [3.8, 4) is 5.75 Å². The van der Waals surface area contributed by atoms with E-state index in [4.69, 9.17) is 4.74 Å². The summed E-state index contributed by atoms with van der Waals surface area (Å²) in [6.07, 6.45) is 2.66. The molecule has 2 unspecified atom stereocenters. The molecular formula is C25H28N2O4S2. The van der Waals surface area contributed by atoms with Crippen LogP contribution in [0.4, 0.5) is 0 Å². The Morgan fingerprint density at radius 1 is 1.12 bits per heavy atom. The maximum Gasteiger partial charge on any atom is 0.252 e. The molecule has 1 aliphatic heterocycles. The van der Waals surface area contributed by atoms with E-state index in [0.717, 1.165) is 29.7 Å². The number of hydrogen-bond acceptors (Lipinski definition) is 5. The minimum atomic E-state index is -3.80. The van der Waals surface area contributed by atoms with E-state index in [0.29, 0.717) is 6.54 Å². The van der Waals surface area contributed by atoms with Crippen molar-refractivity contribution in [1.29, 1.82) is 0 Å². The zero-order valence-electron chi connectivity index (χ0n) is 18.7. The van der Waals surface area contributed by atoms with E-state index >= 15 is 0 Å². The fourth-order valence-corrected chi connectivity index (χ4v) is 6.89. The topological polar surface area (TPSA) is 75.7 Å². The van der Waals surface area contributed by atoms with Crippen LogP contribution in [0.5, 0.6) is 5.75 Å². The summed E-state index contributed by atoms with van der Waals surface area (Å²) in [5.41, 5.74) is 1.23.